The van der Waals surface area contributed by atoms with Crippen molar-refractivity contribution in [2.45, 2.75) is 26.7 Å². The average molecular weight is 290 g/mol. The van der Waals surface area contributed by atoms with Crippen molar-refractivity contribution in [1.29, 1.82) is 0 Å². The van der Waals surface area contributed by atoms with Crippen LogP contribution in [0.5, 0.6) is 0 Å². The number of methoxy groups -OCH3 is 1. The van der Waals surface area contributed by atoms with Crippen LogP contribution >= 0.6 is 0 Å². The average Bonchev–Trinajstić information content (AvgIpc) is 2.89. The van der Waals surface area contributed by atoms with Crippen molar-refractivity contribution in [3.8, 4) is 11.5 Å². The van der Waals surface area contributed by atoms with E-state index in [4.69, 9.17) is 9.15 Å². The Morgan fingerprint density at radius 3 is 2.67 bits per heavy atom. The lowest BCUT2D eigenvalue weighted by Crippen LogP contribution is -2.04. The summed E-state index contributed by atoms with van der Waals surface area (Å²) in [5, 5.41) is 17.4. The van der Waals surface area contributed by atoms with Crippen LogP contribution in [-0.2, 0) is 11.2 Å². The first kappa shape index (κ1) is 15.2. The number of rotatable bonds is 6. The SMILES string of the molecule is COCCCc1nnc(-c2c(C)ccc(C)c2C(=O)O)o1. The summed E-state index contributed by atoms with van der Waals surface area (Å²) in [6.45, 7) is 4.19. The minimum Gasteiger partial charge on any atom is -0.478 e. The highest BCUT2D eigenvalue weighted by Gasteiger charge is 2.21. The van der Waals surface area contributed by atoms with Gasteiger partial charge in [-0.1, -0.05) is 12.1 Å². The standard InChI is InChI=1S/C15H18N2O4/c1-9-6-7-10(2)13(15(18)19)12(9)14-17-16-11(21-14)5-4-8-20-3/h6-7H,4-5,8H2,1-3H3,(H,18,19). The fourth-order valence-electron chi connectivity index (χ4n) is 2.19. The van der Waals surface area contributed by atoms with Crippen LogP contribution in [-0.4, -0.2) is 35.0 Å². The maximum atomic E-state index is 11.5. The lowest BCUT2D eigenvalue weighted by Gasteiger charge is -2.08. The number of benzene rings is 1. The van der Waals surface area contributed by atoms with E-state index in [-0.39, 0.29) is 11.5 Å². The third-order valence-electron chi connectivity index (χ3n) is 3.26. The van der Waals surface area contributed by atoms with Gasteiger partial charge in [0.05, 0.1) is 11.1 Å². The topological polar surface area (TPSA) is 85.5 Å². The molecule has 0 spiro atoms. The highest BCUT2D eigenvalue weighted by molar-refractivity contribution is 5.97. The summed E-state index contributed by atoms with van der Waals surface area (Å²) < 4.78 is 10.6. The van der Waals surface area contributed by atoms with Gasteiger partial charge in [-0.05, 0) is 31.4 Å². The fourth-order valence-corrected chi connectivity index (χ4v) is 2.19. The minimum absolute atomic E-state index is 0.210. The number of carboxylic acids is 1. The molecule has 0 fully saturated rings. The molecule has 2 aromatic rings. The van der Waals surface area contributed by atoms with E-state index in [2.05, 4.69) is 10.2 Å². The fraction of sp³-hybridized carbons (Fsp3) is 0.400. The number of ether oxygens (including phenoxy) is 1. The first-order valence-electron chi connectivity index (χ1n) is 6.69. The predicted octanol–water partition coefficient (Wildman–Crippen LogP) is 2.63. The lowest BCUT2D eigenvalue weighted by molar-refractivity contribution is 0.0696. The molecular weight excluding hydrogens is 272 g/mol. The molecule has 21 heavy (non-hydrogen) atoms. The number of carboxylic acid groups (broad SMARTS) is 1. The van der Waals surface area contributed by atoms with Crippen molar-refractivity contribution in [1.82, 2.24) is 10.2 Å². The van der Waals surface area contributed by atoms with Crippen LogP contribution in [0.2, 0.25) is 0 Å². The highest BCUT2D eigenvalue weighted by Crippen LogP contribution is 2.29. The molecule has 112 valence electrons. The van der Waals surface area contributed by atoms with Crippen molar-refractivity contribution < 1.29 is 19.1 Å². The van der Waals surface area contributed by atoms with E-state index in [0.29, 0.717) is 30.0 Å². The van der Waals surface area contributed by atoms with E-state index >= 15 is 0 Å². The lowest BCUT2D eigenvalue weighted by atomic mass is 9.97. The Hall–Kier alpha value is -2.21. The monoisotopic (exact) mass is 290 g/mol. The Kier molecular flexibility index (Phi) is 4.70. The first-order valence-corrected chi connectivity index (χ1v) is 6.69. The molecule has 0 amide bonds. The Bertz CT molecular complexity index is 649. The predicted molar refractivity (Wildman–Crippen MR) is 76.4 cm³/mol. The molecule has 6 nitrogen and oxygen atoms in total. The largest absolute Gasteiger partial charge is 0.478 e. The molecule has 1 aromatic carbocycles. The summed E-state index contributed by atoms with van der Waals surface area (Å²) in [4.78, 5) is 11.5. The maximum Gasteiger partial charge on any atom is 0.336 e. The van der Waals surface area contributed by atoms with Gasteiger partial charge in [0.15, 0.2) is 0 Å². The van der Waals surface area contributed by atoms with Crippen LogP contribution in [0, 0.1) is 13.8 Å². The smallest absolute Gasteiger partial charge is 0.336 e. The van der Waals surface area contributed by atoms with Crippen molar-refractivity contribution in [2.24, 2.45) is 0 Å². The number of aromatic carboxylic acids is 1. The number of aryl methyl sites for hydroxylation is 3. The van der Waals surface area contributed by atoms with E-state index in [1.54, 1.807) is 20.1 Å². The molecule has 1 aromatic heterocycles. The normalized spacial score (nSPS) is 10.8. The zero-order valence-corrected chi connectivity index (χ0v) is 12.3. The van der Waals surface area contributed by atoms with Crippen LogP contribution in [0.3, 0.4) is 0 Å². The quantitative estimate of drug-likeness (QED) is 0.823. The van der Waals surface area contributed by atoms with Crippen molar-refractivity contribution >= 4 is 5.97 Å². The second-order valence-corrected chi connectivity index (χ2v) is 4.85. The van der Waals surface area contributed by atoms with Gasteiger partial charge in [-0.3, -0.25) is 0 Å². The number of carbonyl (C=O) groups is 1. The molecule has 1 heterocycles. The zero-order valence-electron chi connectivity index (χ0n) is 12.3. The molecule has 0 aliphatic rings. The third kappa shape index (κ3) is 3.28. The van der Waals surface area contributed by atoms with E-state index < -0.39 is 5.97 Å². The Morgan fingerprint density at radius 2 is 2.00 bits per heavy atom. The molecule has 0 radical (unpaired) electrons. The van der Waals surface area contributed by atoms with E-state index in [0.717, 1.165) is 12.0 Å². The van der Waals surface area contributed by atoms with Crippen LogP contribution < -0.4 is 0 Å². The summed E-state index contributed by atoms with van der Waals surface area (Å²) in [6, 6.07) is 3.63. The van der Waals surface area contributed by atoms with E-state index in [1.165, 1.54) is 0 Å². The molecular formula is C15H18N2O4. The second-order valence-electron chi connectivity index (χ2n) is 4.85. The summed E-state index contributed by atoms with van der Waals surface area (Å²) >= 11 is 0. The molecule has 1 N–H and O–H groups in total. The number of hydrogen-bond donors (Lipinski definition) is 1. The van der Waals surface area contributed by atoms with Gasteiger partial charge in [-0.25, -0.2) is 4.79 Å². The molecule has 0 atom stereocenters. The summed E-state index contributed by atoms with van der Waals surface area (Å²) in [6.07, 6.45) is 1.38. The Balaban J connectivity index is 2.38. The van der Waals surface area contributed by atoms with E-state index in [1.807, 2.05) is 13.0 Å². The second kappa shape index (κ2) is 6.49. The van der Waals surface area contributed by atoms with Crippen molar-refractivity contribution in [3.05, 3.63) is 34.7 Å². The van der Waals surface area contributed by atoms with Crippen LogP contribution in [0.15, 0.2) is 16.5 Å². The van der Waals surface area contributed by atoms with Gasteiger partial charge in [-0.2, -0.15) is 0 Å². The van der Waals surface area contributed by atoms with Gasteiger partial charge >= 0.3 is 5.97 Å². The third-order valence-corrected chi connectivity index (χ3v) is 3.26. The van der Waals surface area contributed by atoms with Gasteiger partial charge in [0.2, 0.25) is 11.8 Å². The van der Waals surface area contributed by atoms with Crippen molar-refractivity contribution in [3.63, 3.8) is 0 Å². The first-order chi connectivity index (χ1) is 10.0. The van der Waals surface area contributed by atoms with Crippen LogP contribution in [0.4, 0.5) is 0 Å². The number of aromatic nitrogens is 2. The van der Waals surface area contributed by atoms with Gasteiger partial charge in [0.1, 0.15) is 0 Å². The van der Waals surface area contributed by atoms with Gasteiger partial charge in [0, 0.05) is 20.1 Å². The minimum atomic E-state index is -0.995. The molecule has 0 aliphatic heterocycles. The van der Waals surface area contributed by atoms with Crippen LogP contribution in [0.1, 0.15) is 33.8 Å². The maximum absolute atomic E-state index is 11.5. The zero-order chi connectivity index (χ0) is 15.4. The number of nitrogens with zero attached hydrogens (tertiary/aromatic N) is 2. The molecule has 0 saturated heterocycles. The number of hydrogen-bond acceptors (Lipinski definition) is 5. The summed E-state index contributed by atoms with van der Waals surface area (Å²) in [5.41, 5.74) is 2.17. The summed E-state index contributed by atoms with van der Waals surface area (Å²) in [7, 11) is 1.63. The molecule has 0 unspecified atom stereocenters. The van der Waals surface area contributed by atoms with Gasteiger partial charge in [-0.15, -0.1) is 10.2 Å². The van der Waals surface area contributed by atoms with Crippen molar-refractivity contribution in [2.75, 3.05) is 13.7 Å². The molecule has 0 bridgehead atoms. The van der Waals surface area contributed by atoms with Gasteiger partial charge < -0.3 is 14.3 Å². The molecule has 0 saturated carbocycles. The van der Waals surface area contributed by atoms with Gasteiger partial charge in [0.25, 0.3) is 0 Å². The van der Waals surface area contributed by atoms with Crippen LogP contribution in [0.25, 0.3) is 11.5 Å². The Morgan fingerprint density at radius 1 is 1.29 bits per heavy atom. The van der Waals surface area contributed by atoms with E-state index in [9.17, 15) is 9.90 Å². The Labute approximate surface area is 122 Å². The molecule has 2 rings (SSSR count). The summed E-state index contributed by atoms with van der Waals surface area (Å²) in [5.74, 6) is -0.259. The molecule has 6 heteroatoms. The highest BCUT2D eigenvalue weighted by atomic mass is 16.5. The molecule has 0 aliphatic carbocycles.